The van der Waals surface area contributed by atoms with Gasteiger partial charge in [0, 0.05) is 0 Å². The number of aryl methyl sites for hydroxylation is 1. The van der Waals surface area contributed by atoms with Gasteiger partial charge in [0.2, 0.25) is 0 Å². The van der Waals surface area contributed by atoms with Crippen molar-refractivity contribution in [3.63, 3.8) is 0 Å². The molecule has 0 aliphatic carbocycles. The summed E-state index contributed by atoms with van der Waals surface area (Å²) in [5.74, 6) is 0.514. The van der Waals surface area contributed by atoms with Crippen molar-refractivity contribution in [3.05, 3.63) is 29.8 Å². The average molecular weight is 220 g/mol. The smallest absolute Gasteiger partial charge is 0.316 e. The summed E-state index contributed by atoms with van der Waals surface area (Å²) in [6.07, 6.45) is 1.98. The van der Waals surface area contributed by atoms with Gasteiger partial charge in [-0.05, 0) is 38.8 Å². The van der Waals surface area contributed by atoms with Gasteiger partial charge in [-0.2, -0.15) is 0 Å². The van der Waals surface area contributed by atoms with Crippen LogP contribution in [0.15, 0.2) is 24.3 Å². The highest BCUT2D eigenvalue weighted by atomic mass is 16.5. The summed E-state index contributed by atoms with van der Waals surface area (Å²) in [5.41, 5.74) is 0.641. The summed E-state index contributed by atoms with van der Waals surface area (Å²) in [7, 11) is 0. The van der Waals surface area contributed by atoms with Gasteiger partial charge in [-0.3, -0.25) is 4.79 Å². The number of esters is 1. The number of para-hydroxylation sites is 1. The SMILES string of the molecule is CCCc1ccccc1OC(=O)C(C)(C)C. The summed E-state index contributed by atoms with van der Waals surface area (Å²) in [5, 5.41) is 0. The molecule has 0 atom stereocenters. The van der Waals surface area contributed by atoms with E-state index in [1.54, 1.807) is 0 Å². The zero-order valence-electron chi connectivity index (χ0n) is 10.5. The Kier molecular flexibility index (Phi) is 4.11. The molecule has 0 unspecified atom stereocenters. The van der Waals surface area contributed by atoms with Crippen LogP contribution in [0.4, 0.5) is 0 Å². The van der Waals surface area contributed by atoms with Gasteiger partial charge < -0.3 is 4.74 Å². The minimum Gasteiger partial charge on any atom is -0.426 e. The molecule has 1 rings (SSSR count). The zero-order valence-corrected chi connectivity index (χ0v) is 10.5. The molecule has 0 aliphatic heterocycles. The standard InChI is InChI=1S/C14H20O2/c1-5-8-11-9-6-7-10-12(11)16-13(15)14(2,3)4/h6-7,9-10H,5,8H2,1-4H3. The summed E-state index contributed by atoms with van der Waals surface area (Å²) >= 11 is 0. The van der Waals surface area contributed by atoms with Gasteiger partial charge >= 0.3 is 5.97 Å². The molecule has 0 bridgehead atoms. The second-order valence-corrected chi connectivity index (χ2v) is 5.00. The van der Waals surface area contributed by atoms with Gasteiger partial charge in [-0.25, -0.2) is 0 Å². The van der Waals surface area contributed by atoms with E-state index in [2.05, 4.69) is 6.92 Å². The average Bonchev–Trinajstić information content (AvgIpc) is 2.20. The van der Waals surface area contributed by atoms with Crippen LogP contribution in [0.25, 0.3) is 0 Å². The molecule has 0 aromatic heterocycles. The summed E-state index contributed by atoms with van der Waals surface area (Å²) in [6, 6.07) is 7.73. The molecule has 0 N–H and O–H groups in total. The van der Waals surface area contributed by atoms with Crippen LogP contribution in [-0.2, 0) is 11.2 Å². The predicted molar refractivity (Wildman–Crippen MR) is 65.5 cm³/mol. The molecular weight excluding hydrogens is 200 g/mol. The number of hydrogen-bond acceptors (Lipinski definition) is 2. The van der Waals surface area contributed by atoms with Gasteiger partial charge in [0.15, 0.2) is 0 Å². The Morgan fingerprint density at radius 1 is 1.25 bits per heavy atom. The van der Waals surface area contributed by atoms with Gasteiger partial charge in [0.1, 0.15) is 5.75 Å². The van der Waals surface area contributed by atoms with E-state index in [4.69, 9.17) is 4.74 Å². The fourth-order valence-electron chi connectivity index (χ4n) is 1.33. The normalized spacial score (nSPS) is 11.2. The van der Waals surface area contributed by atoms with Crippen LogP contribution in [0.5, 0.6) is 5.75 Å². The van der Waals surface area contributed by atoms with E-state index in [9.17, 15) is 4.79 Å². The molecule has 0 saturated heterocycles. The Balaban J connectivity index is 2.84. The Morgan fingerprint density at radius 2 is 1.88 bits per heavy atom. The summed E-state index contributed by atoms with van der Waals surface area (Å²) in [4.78, 5) is 11.8. The molecule has 16 heavy (non-hydrogen) atoms. The van der Waals surface area contributed by atoms with Crippen molar-refractivity contribution in [3.8, 4) is 5.75 Å². The maximum Gasteiger partial charge on any atom is 0.316 e. The number of hydrogen-bond donors (Lipinski definition) is 0. The lowest BCUT2D eigenvalue weighted by atomic mass is 9.97. The van der Waals surface area contributed by atoms with E-state index in [0.29, 0.717) is 5.75 Å². The second-order valence-electron chi connectivity index (χ2n) is 5.00. The Hall–Kier alpha value is -1.31. The maximum atomic E-state index is 11.8. The molecular formula is C14H20O2. The maximum absolute atomic E-state index is 11.8. The lowest BCUT2D eigenvalue weighted by molar-refractivity contribution is -0.143. The number of rotatable bonds is 3. The van der Waals surface area contributed by atoms with Crippen LogP contribution in [0.3, 0.4) is 0 Å². The molecule has 0 saturated carbocycles. The molecule has 1 aromatic carbocycles. The molecule has 88 valence electrons. The third-order valence-corrected chi connectivity index (χ3v) is 2.31. The topological polar surface area (TPSA) is 26.3 Å². The molecule has 0 amide bonds. The van der Waals surface area contributed by atoms with Gasteiger partial charge in [-0.15, -0.1) is 0 Å². The van der Waals surface area contributed by atoms with E-state index < -0.39 is 5.41 Å². The van der Waals surface area contributed by atoms with Crippen molar-refractivity contribution < 1.29 is 9.53 Å². The lowest BCUT2D eigenvalue weighted by Crippen LogP contribution is -2.25. The van der Waals surface area contributed by atoms with E-state index in [1.165, 1.54) is 0 Å². The third-order valence-electron chi connectivity index (χ3n) is 2.31. The highest BCUT2D eigenvalue weighted by Crippen LogP contribution is 2.23. The number of benzene rings is 1. The second kappa shape index (κ2) is 5.15. The van der Waals surface area contributed by atoms with Crippen LogP contribution >= 0.6 is 0 Å². The highest BCUT2D eigenvalue weighted by molar-refractivity contribution is 5.78. The fourth-order valence-corrected chi connectivity index (χ4v) is 1.33. The Morgan fingerprint density at radius 3 is 2.44 bits per heavy atom. The van der Waals surface area contributed by atoms with Crippen LogP contribution in [0.1, 0.15) is 39.7 Å². The van der Waals surface area contributed by atoms with Gasteiger partial charge in [0.25, 0.3) is 0 Å². The van der Waals surface area contributed by atoms with Crippen molar-refractivity contribution in [2.45, 2.75) is 40.5 Å². The number of ether oxygens (including phenoxy) is 1. The van der Waals surface area contributed by atoms with Crippen LogP contribution in [0.2, 0.25) is 0 Å². The molecule has 2 nitrogen and oxygen atoms in total. The molecule has 0 fully saturated rings. The molecule has 0 aliphatic rings. The zero-order chi connectivity index (χ0) is 12.2. The monoisotopic (exact) mass is 220 g/mol. The van der Waals surface area contributed by atoms with E-state index >= 15 is 0 Å². The molecule has 2 heteroatoms. The quantitative estimate of drug-likeness (QED) is 0.574. The predicted octanol–water partition coefficient (Wildman–Crippen LogP) is 3.59. The van der Waals surface area contributed by atoms with Gasteiger partial charge in [0.05, 0.1) is 5.41 Å². The van der Waals surface area contributed by atoms with E-state index in [-0.39, 0.29) is 5.97 Å². The lowest BCUT2D eigenvalue weighted by Gasteiger charge is -2.17. The third kappa shape index (κ3) is 3.37. The molecule has 0 radical (unpaired) electrons. The summed E-state index contributed by atoms with van der Waals surface area (Å²) < 4.78 is 5.42. The first-order valence-corrected chi connectivity index (χ1v) is 5.75. The molecule has 0 spiro atoms. The van der Waals surface area contributed by atoms with Crippen molar-refractivity contribution >= 4 is 5.97 Å². The highest BCUT2D eigenvalue weighted by Gasteiger charge is 2.24. The van der Waals surface area contributed by atoms with E-state index in [1.807, 2.05) is 45.0 Å². The first kappa shape index (κ1) is 12.8. The van der Waals surface area contributed by atoms with Crippen LogP contribution in [0, 0.1) is 5.41 Å². The first-order valence-electron chi connectivity index (χ1n) is 5.75. The van der Waals surface area contributed by atoms with Gasteiger partial charge in [-0.1, -0.05) is 31.5 Å². The molecule has 1 aromatic rings. The van der Waals surface area contributed by atoms with Crippen molar-refractivity contribution in [2.75, 3.05) is 0 Å². The molecule has 0 heterocycles. The fraction of sp³-hybridized carbons (Fsp3) is 0.500. The minimum atomic E-state index is -0.459. The Bertz CT molecular complexity index is 361. The summed E-state index contributed by atoms with van der Waals surface area (Å²) in [6.45, 7) is 7.69. The largest absolute Gasteiger partial charge is 0.426 e. The minimum absolute atomic E-state index is 0.184. The van der Waals surface area contributed by atoms with Crippen LogP contribution < -0.4 is 4.74 Å². The number of carbonyl (C=O) groups is 1. The van der Waals surface area contributed by atoms with Crippen LogP contribution in [-0.4, -0.2) is 5.97 Å². The van der Waals surface area contributed by atoms with Crippen molar-refractivity contribution in [1.29, 1.82) is 0 Å². The Labute approximate surface area is 97.6 Å². The number of carbonyl (C=O) groups excluding carboxylic acids is 1. The first-order chi connectivity index (χ1) is 7.45. The van der Waals surface area contributed by atoms with Crippen molar-refractivity contribution in [1.82, 2.24) is 0 Å². The van der Waals surface area contributed by atoms with E-state index in [0.717, 1.165) is 18.4 Å². The van der Waals surface area contributed by atoms with Crippen molar-refractivity contribution in [2.24, 2.45) is 5.41 Å².